The number of aliphatic hydroxyl groups is 1. The molecule has 2 heterocycles. The van der Waals surface area contributed by atoms with E-state index in [1.807, 2.05) is 17.7 Å². The third-order valence-corrected chi connectivity index (χ3v) is 2.81. The van der Waals surface area contributed by atoms with Crippen LogP contribution in [0.2, 0.25) is 0 Å². The summed E-state index contributed by atoms with van der Waals surface area (Å²) in [5.74, 6) is 1.88. The number of aliphatic hydroxyl groups excluding tert-OH is 1. The summed E-state index contributed by atoms with van der Waals surface area (Å²) in [6.07, 6.45) is 2.86. The van der Waals surface area contributed by atoms with Gasteiger partial charge in [0.15, 0.2) is 0 Å². The SMILES string of the molecule is Cc1ccoc1C(O)Cc1ncnn1CC(C)C. The molecule has 0 bridgehead atoms. The van der Waals surface area contributed by atoms with Crippen LogP contribution in [-0.4, -0.2) is 19.9 Å². The van der Waals surface area contributed by atoms with Gasteiger partial charge in [-0.1, -0.05) is 13.8 Å². The zero-order valence-corrected chi connectivity index (χ0v) is 11.0. The van der Waals surface area contributed by atoms with Gasteiger partial charge in [0.2, 0.25) is 0 Å². The van der Waals surface area contributed by atoms with Crippen LogP contribution in [0.4, 0.5) is 0 Å². The Balaban J connectivity index is 2.10. The lowest BCUT2D eigenvalue weighted by molar-refractivity contribution is 0.145. The molecule has 0 aromatic carbocycles. The van der Waals surface area contributed by atoms with Crippen LogP contribution in [0.5, 0.6) is 0 Å². The molecule has 0 aliphatic heterocycles. The first-order chi connectivity index (χ1) is 8.58. The minimum atomic E-state index is -0.671. The predicted octanol–water partition coefficient (Wildman–Crippen LogP) is 2.11. The molecular formula is C13H19N3O2. The van der Waals surface area contributed by atoms with E-state index < -0.39 is 6.10 Å². The van der Waals surface area contributed by atoms with Crippen LogP contribution in [0.15, 0.2) is 23.1 Å². The lowest BCUT2D eigenvalue weighted by atomic mass is 10.1. The maximum absolute atomic E-state index is 10.1. The van der Waals surface area contributed by atoms with Crippen LogP contribution in [0.3, 0.4) is 0 Å². The highest BCUT2D eigenvalue weighted by atomic mass is 16.4. The van der Waals surface area contributed by atoms with E-state index in [2.05, 4.69) is 23.9 Å². The quantitative estimate of drug-likeness (QED) is 0.881. The standard InChI is InChI=1S/C13H19N3O2/c1-9(2)7-16-12(14-8-15-16)6-11(17)13-10(3)4-5-18-13/h4-5,8-9,11,17H,6-7H2,1-3H3. The molecule has 18 heavy (non-hydrogen) atoms. The van der Waals surface area contributed by atoms with E-state index in [1.54, 1.807) is 6.26 Å². The first-order valence-electron chi connectivity index (χ1n) is 6.16. The number of hydrogen-bond donors (Lipinski definition) is 1. The van der Waals surface area contributed by atoms with E-state index in [9.17, 15) is 5.11 Å². The number of rotatable bonds is 5. The van der Waals surface area contributed by atoms with Crippen molar-refractivity contribution in [3.05, 3.63) is 35.8 Å². The zero-order chi connectivity index (χ0) is 13.1. The third kappa shape index (κ3) is 2.79. The number of nitrogens with zero attached hydrogens (tertiary/aromatic N) is 3. The van der Waals surface area contributed by atoms with E-state index in [0.717, 1.165) is 17.9 Å². The summed E-state index contributed by atoms with van der Waals surface area (Å²) in [5, 5.41) is 14.3. The highest BCUT2D eigenvalue weighted by Crippen LogP contribution is 2.21. The van der Waals surface area contributed by atoms with Crippen molar-refractivity contribution < 1.29 is 9.52 Å². The van der Waals surface area contributed by atoms with Crippen LogP contribution < -0.4 is 0 Å². The Morgan fingerprint density at radius 3 is 2.83 bits per heavy atom. The molecule has 1 unspecified atom stereocenters. The first kappa shape index (κ1) is 12.8. The first-order valence-corrected chi connectivity index (χ1v) is 6.16. The maximum atomic E-state index is 10.1. The molecule has 2 aromatic rings. The summed E-state index contributed by atoms with van der Waals surface area (Å²) in [5.41, 5.74) is 0.956. The summed E-state index contributed by atoms with van der Waals surface area (Å²) in [6.45, 7) is 6.97. The van der Waals surface area contributed by atoms with Crippen LogP contribution in [0.25, 0.3) is 0 Å². The molecule has 5 heteroatoms. The average molecular weight is 249 g/mol. The normalized spacial score (nSPS) is 13.2. The molecular weight excluding hydrogens is 230 g/mol. The zero-order valence-electron chi connectivity index (χ0n) is 11.0. The van der Waals surface area contributed by atoms with Crippen molar-refractivity contribution in [1.82, 2.24) is 14.8 Å². The van der Waals surface area contributed by atoms with Gasteiger partial charge in [0.1, 0.15) is 24.0 Å². The Labute approximate surface area is 106 Å². The summed E-state index contributed by atoms with van der Waals surface area (Å²) in [7, 11) is 0. The van der Waals surface area contributed by atoms with Gasteiger partial charge in [-0.3, -0.25) is 0 Å². The second-order valence-electron chi connectivity index (χ2n) is 4.94. The monoisotopic (exact) mass is 249 g/mol. The lowest BCUT2D eigenvalue weighted by Gasteiger charge is -2.11. The van der Waals surface area contributed by atoms with Gasteiger partial charge in [-0.25, -0.2) is 9.67 Å². The van der Waals surface area contributed by atoms with Crippen molar-refractivity contribution in [2.45, 2.75) is 39.8 Å². The van der Waals surface area contributed by atoms with Gasteiger partial charge < -0.3 is 9.52 Å². The Morgan fingerprint density at radius 2 is 2.22 bits per heavy atom. The van der Waals surface area contributed by atoms with Crippen molar-refractivity contribution in [3.8, 4) is 0 Å². The highest BCUT2D eigenvalue weighted by Gasteiger charge is 2.18. The predicted molar refractivity (Wildman–Crippen MR) is 67.0 cm³/mol. The summed E-state index contributed by atoms with van der Waals surface area (Å²) in [6, 6.07) is 1.84. The number of aromatic nitrogens is 3. The van der Waals surface area contributed by atoms with E-state index in [-0.39, 0.29) is 0 Å². The van der Waals surface area contributed by atoms with Crippen molar-refractivity contribution >= 4 is 0 Å². The van der Waals surface area contributed by atoms with E-state index in [4.69, 9.17) is 4.42 Å². The number of aryl methyl sites for hydroxylation is 1. The minimum absolute atomic E-state index is 0.418. The highest BCUT2D eigenvalue weighted by molar-refractivity contribution is 5.17. The molecule has 5 nitrogen and oxygen atoms in total. The Hall–Kier alpha value is -1.62. The van der Waals surface area contributed by atoms with Crippen LogP contribution in [-0.2, 0) is 13.0 Å². The van der Waals surface area contributed by atoms with Gasteiger partial charge in [-0.2, -0.15) is 5.10 Å². The second kappa shape index (κ2) is 5.35. The van der Waals surface area contributed by atoms with Crippen LogP contribution in [0.1, 0.15) is 37.1 Å². The van der Waals surface area contributed by atoms with E-state index in [0.29, 0.717) is 18.1 Å². The fourth-order valence-corrected chi connectivity index (χ4v) is 1.94. The Morgan fingerprint density at radius 1 is 1.44 bits per heavy atom. The molecule has 0 aliphatic rings. The van der Waals surface area contributed by atoms with Gasteiger partial charge in [0, 0.05) is 13.0 Å². The van der Waals surface area contributed by atoms with Crippen LogP contribution >= 0.6 is 0 Å². The summed E-state index contributed by atoms with van der Waals surface area (Å²) in [4.78, 5) is 4.20. The largest absolute Gasteiger partial charge is 0.466 e. The molecule has 0 aliphatic carbocycles. The number of furan rings is 1. The van der Waals surface area contributed by atoms with Gasteiger partial charge in [0.25, 0.3) is 0 Å². The van der Waals surface area contributed by atoms with Crippen molar-refractivity contribution in [3.63, 3.8) is 0 Å². The molecule has 98 valence electrons. The molecule has 0 spiro atoms. The van der Waals surface area contributed by atoms with Gasteiger partial charge in [-0.05, 0) is 24.5 Å². The lowest BCUT2D eigenvalue weighted by Crippen LogP contribution is -2.13. The van der Waals surface area contributed by atoms with Crippen molar-refractivity contribution in [2.24, 2.45) is 5.92 Å². The molecule has 0 saturated heterocycles. The fraction of sp³-hybridized carbons (Fsp3) is 0.538. The summed E-state index contributed by atoms with van der Waals surface area (Å²) >= 11 is 0. The van der Waals surface area contributed by atoms with Gasteiger partial charge >= 0.3 is 0 Å². The Bertz CT molecular complexity index is 502. The molecule has 0 fully saturated rings. The van der Waals surface area contributed by atoms with Gasteiger partial charge in [-0.15, -0.1) is 0 Å². The minimum Gasteiger partial charge on any atom is -0.466 e. The average Bonchev–Trinajstić information content (AvgIpc) is 2.88. The number of hydrogen-bond acceptors (Lipinski definition) is 4. The smallest absolute Gasteiger partial charge is 0.138 e. The molecule has 1 atom stereocenters. The van der Waals surface area contributed by atoms with E-state index >= 15 is 0 Å². The maximum Gasteiger partial charge on any atom is 0.138 e. The fourth-order valence-electron chi connectivity index (χ4n) is 1.94. The molecule has 1 N–H and O–H groups in total. The van der Waals surface area contributed by atoms with Crippen molar-refractivity contribution in [1.29, 1.82) is 0 Å². The van der Waals surface area contributed by atoms with E-state index in [1.165, 1.54) is 6.33 Å². The Kier molecular flexibility index (Phi) is 3.81. The molecule has 0 saturated carbocycles. The van der Waals surface area contributed by atoms with Crippen molar-refractivity contribution in [2.75, 3.05) is 0 Å². The summed E-state index contributed by atoms with van der Waals surface area (Å²) < 4.78 is 7.13. The third-order valence-electron chi connectivity index (χ3n) is 2.81. The molecule has 2 aromatic heterocycles. The molecule has 0 radical (unpaired) electrons. The second-order valence-corrected chi connectivity index (χ2v) is 4.94. The topological polar surface area (TPSA) is 64.1 Å². The van der Waals surface area contributed by atoms with Gasteiger partial charge in [0.05, 0.1) is 6.26 Å². The molecule has 2 rings (SSSR count). The molecule has 0 amide bonds. The van der Waals surface area contributed by atoms with Crippen LogP contribution in [0, 0.1) is 12.8 Å².